The lowest BCUT2D eigenvalue weighted by molar-refractivity contribution is -0.385. The number of amides is 1. The highest BCUT2D eigenvalue weighted by Crippen LogP contribution is 2.26. The van der Waals surface area contributed by atoms with E-state index in [0.717, 1.165) is 24.3 Å². The Kier molecular flexibility index (Phi) is 4.81. The number of benzene rings is 1. The van der Waals surface area contributed by atoms with Crippen molar-refractivity contribution in [2.24, 2.45) is 0 Å². The molecule has 1 atom stereocenters. The quantitative estimate of drug-likeness (QED) is 0.675. The molecule has 0 radical (unpaired) electrons. The maximum Gasteiger partial charge on any atom is 0.284 e. The molecule has 1 N–H and O–H groups in total. The number of carbonyl (C=O) groups excluding carboxylic acids is 1. The number of hydrogen-bond donors (Lipinski definition) is 1. The van der Waals surface area contributed by atoms with Crippen molar-refractivity contribution in [1.82, 2.24) is 5.32 Å². The normalized spacial score (nSPS) is 18.9. The van der Waals surface area contributed by atoms with E-state index in [1.54, 1.807) is 6.07 Å². The molecule has 1 fully saturated rings. The second kappa shape index (κ2) is 6.38. The van der Waals surface area contributed by atoms with Gasteiger partial charge in [0.1, 0.15) is 0 Å². The highest BCUT2D eigenvalue weighted by atomic mass is 79.9. The lowest BCUT2D eigenvalue weighted by Crippen LogP contribution is -2.38. The van der Waals surface area contributed by atoms with E-state index >= 15 is 0 Å². The van der Waals surface area contributed by atoms with Crippen LogP contribution in [0.4, 0.5) is 5.69 Å². The maximum atomic E-state index is 12.0. The lowest BCUT2D eigenvalue weighted by Gasteiger charge is -2.22. The number of hydrogen-bond acceptors (Lipinski definition) is 4. The summed E-state index contributed by atoms with van der Waals surface area (Å²) >= 11 is 4.92. The van der Waals surface area contributed by atoms with Gasteiger partial charge in [-0.3, -0.25) is 14.9 Å². The van der Waals surface area contributed by atoms with E-state index in [1.807, 2.05) is 11.8 Å². The van der Waals surface area contributed by atoms with Crippen LogP contribution in [0.3, 0.4) is 0 Å². The highest BCUT2D eigenvalue weighted by molar-refractivity contribution is 9.10. The van der Waals surface area contributed by atoms with Gasteiger partial charge in [-0.2, -0.15) is 11.8 Å². The van der Waals surface area contributed by atoms with Crippen molar-refractivity contribution in [1.29, 1.82) is 0 Å². The van der Waals surface area contributed by atoms with Crippen molar-refractivity contribution in [3.8, 4) is 0 Å². The second-order valence-corrected chi connectivity index (χ2v) is 6.31. The number of thioether (sulfide) groups is 1. The first-order valence-electron chi connectivity index (χ1n) is 5.90. The van der Waals surface area contributed by atoms with Gasteiger partial charge >= 0.3 is 0 Å². The van der Waals surface area contributed by atoms with Gasteiger partial charge in [-0.05, 0) is 46.7 Å². The molecule has 0 aromatic heterocycles. The number of nitro benzene ring substituents is 1. The zero-order valence-corrected chi connectivity index (χ0v) is 12.5. The summed E-state index contributed by atoms with van der Waals surface area (Å²) in [4.78, 5) is 22.4. The molecule has 1 heterocycles. The summed E-state index contributed by atoms with van der Waals surface area (Å²) in [6, 6.07) is 4.58. The molecule has 2 rings (SSSR count). The number of nitrogens with zero attached hydrogens (tertiary/aromatic N) is 1. The zero-order valence-electron chi connectivity index (χ0n) is 10.1. The lowest BCUT2D eigenvalue weighted by atomic mass is 10.1. The third-order valence-corrected chi connectivity index (χ3v) is 4.79. The molecular weight excluding hydrogens is 332 g/mol. The third kappa shape index (κ3) is 3.70. The van der Waals surface area contributed by atoms with Gasteiger partial charge in [-0.1, -0.05) is 0 Å². The van der Waals surface area contributed by atoms with Crippen LogP contribution in [0.2, 0.25) is 0 Å². The minimum atomic E-state index is -0.503. The Morgan fingerprint density at radius 1 is 1.53 bits per heavy atom. The Morgan fingerprint density at radius 3 is 2.95 bits per heavy atom. The van der Waals surface area contributed by atoms with Crippen LogP contribution in [0.5, 0.6) is 0 Å². The van der Waals surface area contributed by atoms with Crippen LogP contribution in [0.1, 0.15) is 23.2 Å². The zero-order chi connectivity index (χ0) is 13.8. The van der Waals surface area contributed by atoms with Crippen LogP contribution < -0.4 is 5.32 Å². The van der Waals surface area contributed by atoms with E-state index in [0.29, 0.717) is 10.0 Å². The molecule has 1 unspecified atom stereocenters. The molecular formula is C12H13BrN2O3S. The third-order valence-electron chi connectivity index (χ3n) is 2.90. The van der Waals surface area contributed by atoms with E-state index in [4.69, 9.17) is 0 Å². The van der Waals surface area contributed by atoms with E-state index < -0.39 is 4.92 Å². The summed E-state index contributed by atoms with van der Waals surface area (Å²) in [5.74, 6) is 1.80. The van der Waals surface area contributed by atoms with Crippen molar-refractivity contribution in [2.45, 2.75) is 18.9 Å². The summed E-state index contributed by atoms with van der Waals surface area (Å²) in [5, 5.41) is 13.8. The van der Waals surface area contributed by atoms with Gasteiger partial charge in [0.05, 0.1) is 9.40 Å². The first-order valence-corrected chi connectivity index (χ1v) is 7.85. The Balaban J connectivity index is 2.10. The average molecular weight is 345 g/mol. The predicted octanol–water partition coefficient (Wildman–Crippen LogP) is 2.98. The predicted molar refractivity (Wildman–Crippen MR) is 78.6 cm³/mol. The molecule has 0 saturated carbocycles. The number of nitro groups is 1. The van der Waals surface area contributed by atoms with Crippen LogP contribution in [-0.4, -0.2) is 28.4 Å². The number of nitrogens with one attached hydrogen (secondary N) is 1. The molecule has 5 nitrogen and oxygen atoms in total. The van der Waals surface area contributed by atoms with Crippen molar-refractivity contribution in [2.75, 3.05) is 11.5 Å². The van der Waals surface area contributed by atoms with Gasteiger partial charge in [-0.15, -0.1) is 0 Å². The van der Waals surface area contributed by atoms with Gasteiger partial charge in [0.25, 0.3) is 11.6 Å². The molecule has 7 heteroatoms. The monoisotopic (exact) mass is 344 g/mol. The second-order valence-electron chi connectivity index (χ2n) is 4.31. The van der Waals surface area contributed by atoms with E-state index in [2.05, 4.69) is 21.2 Å². The SMILES string of the molecule is O=C(NC1CCCSC1)c1ccc(Br)c([N+](=O)[O-])c1. The Morgan fingerprint density at radius 2 is 2.32 bits per heavy atom. The minimum absolute atomic E-state index is 0.0920. The molecule has 1 aliphatic rings. The van der Waals surface area contributed by atoms with Gasteiger partial charge in [-0.25, -0.2) is 0 Å². The summed E-state index contributed by atoms with van der Waals surface area (Å²) in [6.45, 7) is 0. The van der Waals surface area contributed by atoms with Gasteiger partial charge in [0.2, 0.25) is 0 Å². The van der Waals surface area contributed by atoms with Gasteiger partial charge < -0.3 is 5.32 Å². The molecule has 0 bridgehead atoms. The topological polar surface area (TPSA) is 72.2 Å². The summed E-state index contributed by atoms with van der Waals surface area (Å²) in [6.07, 6.45) is 2.06. The van der Waals surface area contributed by atoms with Crippen molar-refractivity contribution in [3.63, 3.8) is 0 Å². The van der Waals surface area contributed by atoms with Crippen LogP contribution in [0.25, 0.3) is 0 Å². The highest BCUT2D eigenvalue weighted by Gasteiger charge is 2.19. The van der Waals surface area contributed by atoms with Crippen LogP contribution in [-0.2, 0) is 0 Å². The summed E-state index contributed by atoms with van der Waals surface area (Å²) in [5.41, 5.74) is 0.233. The van der Waals surface area contributed by atoms with Gasteiger partial charge in [0.15, 0.2) is 0 Å². The number of rotatable bonds is 3. The molecule has 0 aliphatic carbocycles. The van der Waals surface area contributed by atoms with Crippen LogP contribution in [0, 0.1) is 10.1 Å². The average Bonchev–Trinajstić information content (AvgIpc) is 2.40. The molecule has 1 saturated heterocycles. The molecule has 102 valence electrons. The van der Waals surface area contributed by atoms with Crippen molar-refractivity contribution < 1.29 is 9.72 Å². The smallest absolute Gasteiger partial charge is 0.284 e. The molecule has 1 aromatic rings. The fourth-order valence-electron chi connectivity index (χ4n) is 1.92. The van der Waals surface area contributed by atoms with Gasteiger partial charge in [0, 0.05) is 23.4 Å². The largest absolute Gasteiger partial charge is 0.348 e. The minimum Gasteiger partial charge on any atom is -0.348 e. The standard InChI is InChI=1S/C12H13BrN2O3S/c13-10-4-3-8(6-11(10)15(17)18)12(16)14-9-2-1-5-19-7-9/h3-4,6,9H,1-2,5,7H2,(H,14,16). The fourth-order valence-corrected chi connectivity index (χ4v) is 3.38. The number of halogens is 1. The Hall–Kier alpha value is -1.08. The van der Waals surface area contributed by atoms with Crippen molar-refractivity contribution in [3.05, 3.63) is 38.3 Å². The molecule has 1 aliphatic heterocycles. The molecule has 1 aromatic carbocycles. The first-order chi connectivity index (χ1) is 9.08. The molecule has 19 heavy (non-hydrogen) atoms. The first kappa shape index (κ1) is 14.3. The molecule has 1 amide bonds. The van der Waals surface area contributed by atoms with E-state index in [-0.39, 0.29) is 17.6 Å². The Labute approximate surface area is 123 Å². The Bertz CT molecular complexity index is 504. The molecule has 0 spiro atoms. The van der Waals surface area contributed by atoms with E-state index in [9.17, 15) is 14.9 Å². The van der Waals surface area contributed by atoms with E-state index in [1.165, 1.54) is 12.1 Å². The summed E-state index contributed by atoms with van der Waals surface area (Å²) in [7, 11) is 0. The van der Waals surface area contributed by atoms with Crippen LogP contribution in [0.15, 0.2) is 22.7 Å². The summed E-state index contributed by atoms with van der Waals surface area (Å²) < 4.78 is 0.377. The van der Waals surface area contributed by atoms with Crippen LogP contribution >= 0.6 is 27.7 Å². The number of carbonyl (C=O) groups is 1. The fraction of sp³-hybridized carbons (Fsp3) is 0.417. The van der Waals surface area contributed by atoms with Crippen molar-refractivity contribution >= 4 is 39.3 Å². The maximum absolute atomic E-state index is 12.0.